The van der Waals surface area contributed by atoms with Gasteiger partial charge in [-0.1, -0.05) is 57.6 Å². The van der Waals surface area contributed by atoms with E-state index in [1.807, 2.05) is 24.0 Å². The number of fused-ring (bicyclic) bond motifs is 1. The first kappa shape index (κ1) is 33.2. The first-order valence-electron chi connectivity index (χ1n) is 16.9. The zero-order valence-corrected chi connectivity index (χ0v) is 26.8. The molecule has 246 valence electrons. The van der Waals surface area contributed by atoms with Gasteiger partial charge in [0.2, 0.25) is 0 Å². The van der Waals surface area contributed by atoms with E-state index in [0.717, 1.165) is 50.0 Å². The van der Waals surface area contributed by atoms with Crippen LogP contribution in [0.3, 0.4) is 0 Å². The zero-order chi connectivity index (χ0) is 32.6. The molecule has 10 nitrogen and oxygen atoms in total. The summed E-state index contributed by atoms with van der Waals surface area (Å²) >= 11 is 0. The van der Waals surface area contributed by atoms with E-state index in [0.29, 0.717) is 41.4 Å². The molecule has 3 N–H and O–H groups in total. The number of unbranched alkanes of at least 4 members (excludes halogenated alkanes) is 1. The van der Waals surface area contributed by atoms with Crippen molar-refractivity contribution >= 4 is 35.4 Å². The lowest BCUT2D eigenvalue weighted by atomic mass is 9.72. The molecule has 2 fully saturated rings. The fourth-order valence-electron chi connectivity index (χ4n) is 7.28. The normalized spacial score (nSPS) is 19.9. The molecule has 5 rings (SSSR count). The van der Waals surface area contributed by atoms with Gasteiger partial charge in [0.1, 0.15) is 0 Å². The molecule has 1 heterocycles. The number of carbonyl (C=O) groups is 5. The van der Waals surface area contributed by atoms with Gasteiger partial charge in [-0.2, -0.15) is 0 Å². The van der Waals surface area contributed by atoms with Gasteiger partial charge in [-0.15, -0.1) is 0 Å². The minimum atomic E-state index is -0.976. The van der Waals surface area contributed by atoms with Gasteiger partial charge >= 0.3 is 12.0 Å². The molecule has 0 atom stereocenters. The molecular formula is C36H46N4O6. The molecule has 0 radical (unpaired) electrons. The Balaban J connectivity index is 1.29. The Morgan fingerprint density at radius 1 is 0.870 bits per heavy atom. The van der Waals surface area contributed by atoms with Gasteiger partial charge in [0, 0.05) is 36.9 Å². The summed E-state index contributed by atoms with van der Waals surface area (Å²) in [5, 5.41) is 14.5. The summed E-state index contributed by atoms with van der Waals surface area (Å²) < 4.78 is 0. The molecule has 0 unspecified atom stereocenters. The number of rotatable bonds is 12. The lowest BCUT2D eigenvalue weighted by Crippen LogP contribution is -2.44. The summed E-state index contributed by atoms with van der Waals surface area (Å²) in [5.74, 6) is -0.445. The van der Waals surface area contributed by atoms with Crippen LogP contribution in [0.1, 0.15) is 121 Å². The fourth-order valence-corrected chi connectivity index (χ4v) is 7.28. The molecule has 10 heteroatoms. The van der Waals surface area contributed by atoms with E-state index < -0.39 is 5.97 Å². The second-order valence-corrected chi connectivity index (χ2v) is 13.0. The Labute approximate surface area is 270 Å². The predicted molar refractivity (Wildman–Crippen MR) is 175 cm³/mol. The summed E-state index contributed by atoms with van der Waals surface area (Å²) in [6.07, 6.45) is 12.1. The maximum atomic E-state index is 13.9. The molecule has 0 saturated heterocycles. The van der Waals surface area contributed by atoms with Crippen LogP contribution in [0.4, 0.5) is 10.5 Å². The summed E-state index contributed by atoms with van der Waals surface area (Å²) in [5.41, 5.74) is 2.44. The summed E-state index contributed by atoms with van der Waals surface area (Å²) in [6, 6.07) is 11.7. The van der Waals surface area contributed by atoms with Crippen molar-refractivity contribution in [2.75, 3.05) is 18.4 Å². The first-order chi connectivity index (χ1) is 22.2. The number of aliphatic carboxylic acids is 1. The van der Waals surface area contributed by atoms with Crippen LogP contribution in [0.25, 0.3) is 0 Å². The number of urea groups is 1. The third kappa shape index (κ3) is 7.95. The molecule has 2 aromatic rings. The average molecular weight is 631 g/mol. The van der Waals surface area contributed by atoms with Crippen LogP contribution < -0.4 is 10.6 Å². The Kier molecular flexibility index (Phi) is 11.1. The number of imide groups is 1. The van der Waals surface area contributed by atoms with Gasteiger partial charge in [0.15, 0.2) is 0 Å². The SMILES string of the molecule is CCCCN1C(=O)c2ccc(NC(=O)N(Cc3ccc(C(=O)NCCC(=O)O)cc3)C3CCC(C4CCCCC4)CC3)cc2C1=O. The summed E-state index contributed by atoms with van der Waals surface area (Å²) in [7, 11) is 0. The molecule has 1 aliphatic heterocycles. The molecule has 2 saturated carbocycles. The highest BCUT2D eigenvalue weighted by atomic mass is 16.4. The Morgan fingerprint density at radius 2 is 1.54 bits per heavy atom. The molecule has 46 heavy (non-hydrogen) atoms. The van der Waals surface area contributed by atoms with E-state index in [1.54, 1.807) is 30.3 Å². The van der Waals surface area contributed by atoms with E-state index in [-0.39, 0.29) is 42.8 Å². The lowest BCUT2D eigenvalue weighted by molar-refractivity contribution is -0.136. The molecule has 0 spiro atoms. The second-order valence-electron chi connectivity index (χ2n) is 13.0. The number of carbonyl (C=O) groups excluding carboxylic acids is 4. The highest BCUT2D eigenvalue weighted by Crippen LogP contribution is 2.39. The molecule has 0 bridgehead atoms. The summed E-state index contributed by atoms with van der Waals surface area (Å²) in [4.78, 5) is 66.1. The Hall–Kier alpha value is -4.21. The van der Waals surface area contributed by atoms with Crippen molar-refractivity contribution in [1.82, 2.24) is 15.1 Å². The minimum absolute atomic E-state index is 0.0426. The maximum absolute atomic E-state index is 13.9. The van der Waals surface area contributed by atoms with Crippen LogP contribution in [0, 0.1) is 11.8 Å². The number of nitrogens with one attached hydrogen (secondary N) is 2. The largest absolute Gasteiger partial charge is 0.481 e. The van der Waals surface area contributed by atoms with E-state index in [2.05, 4.69) is 10.6 Å². The standard InChI is InChI=1S/C36H46N4O6/c1-2-3-21-39-34(44)30-18-15-28(22-31(30)35(39)45)38-36(46)40(29-16-13-26(14-17-29)25-7-5-4-6-8-25)23-24-9-11-27(12-10-24)33(43)37-20-19-32(41)42/h9-12,15,18,22,25-26,29H,2-8,13-14,16-17,19-21,23H2,1H3,(H,37,43)(H,38,46)(H,41,42). The minimum Gasteiger partial charge on any atom is -0.481 e. The maximum Gasteiger partial charge on any atom is 0.322 e. The number of benzene rings is 2. The van der Waals surface area contributed by atoms with Gasteiger partial charge in [-0.05, 0) is 79.8 Å². The van der Waals surface area contributed by atoms with Gasteiger partial charge in [0.05, 0.1) is 17.5 Å². The topological polar surface area (TPSA) is 136 Å². The van der Waals surface area contributed by atoms with Crippen LogP contribution in [0.5, 0.6) is 0 Å². The molecule has 0 aromatic heterocycles. The predicted octanol–water partition coefficient (Wildman–Crippen LogP) is 6.46. The number of hydrogen-bond donors (Lipinski definition) is 3. The van der Waals surface area contributed by atoms with Crippen molar-refractivity contribution < 1.29 is 29.1 Å². The highest BCUT2D eigenvalue weighted by Gasteiger charge is 2.36. The van der Waals surface area contributed by atoms with Crippen molar-refractivity contribution in [1.29, 1.82) is 0 Å². The van der Waals surface area contributed by atoms with E-state index in [4.69, 9.17) is 5.11 Å². The quantitative estimate of drug-likeness (QED) is 0.230. The number of anilines is 1. The van der Waals surface area contributed by atoms with E-state index in [1.165, 1.54) is 37.0 Å². The van der Waals surface area contributed by atoms with Crippen molar-refractivity contribution in [3.8, 4) is 0 Å². The van der Waals surface area contributed by atoms with Gasteiger partial charge in [0.25, 0.3) is 17.7 Å². The lowest BCUT2D eigenvalue weighted by Gasteiger charge is -2.40. The number of carboxylic acids is 1. The zero-order valence-electron chi connectivity index (χ0n) is 26.8. The van der Waals surface area contributed by atoms with Crippen LogP contribution in [0.2, 0.25) is 0 Å². The van der Waals surface area contributed by atoms with Gasteiger partial charge in [-0.25, -0.2) is 4.79 Å². The smallest absolute Gasteiger partial charge is 0.322 e. The number of nitrogens with zero attached hydrogens (tertiary/aromatic N) is 2. The Bertz CT molecular complexity index is 1430. The molecule has 5 amide bonds. The van der Waals surface area contributed by atoms with Gasteiger partial charge < -0.3 is 20.6 Å². The molecule has 3 aliphatic rings. The van der Waals surface area contributed by atoms with Gasteiger partial charge in [-0.3, -0.25) is 24.1 Å². The number of hydrogen-bond acceptors (Lipinski definition) is 5. The molecular weight excluding hydrogens is 584 g/mol. The average Bonchev–Trinajstić information content (AvgIpc) is 3.30. The molecule has 2 aromatic carbocycles. The van der Waals surface area contributed by atoms with Crippen LogP contribution in [-0.2, 0) is 11.3 Å². The van der Waals surface area contributed by atoms with E-state index in [9.17, 15) is 24.0 Å². The second kappa shape index (κ2) is 15.4. The van der Waals surface area contributed by atoms with Crippen molar-refractivity contribution in [2.45, 2.75) is 96.6 Å². The van der Waals surface area contributed by atoms with Crippen molar-refractivity contribution in [2.24, 2.45) is 11.8 Å². The third-order valence-electron chi connectivity index (χ3n) is 9.91. The first-order valence-corrected chi connectivity index (χ1v) is 16.9. The fraction of sp³-hybridized carbons (Fsp3) is 0.528. The van der Waals surface area contributed by atoms with Crippen LogP contribution in [-0.4, -0.2) is 63.8 Å². The number of amides is 5. The number of carboxylic acid groups (broad SMARTS) is 1. The van der Waals surface area contributed by atoms with E-state index >= 15 is 0 Å². The summed E-state index contributed by atoms with van der Waals surface area (Å²) in [6.45, 7) is 2.78. The Morgan fingerprint density at radius 3 is 2.22 bits per heavy atom. The van der Waals surface area contributed by atoms with Crippen molar-refractivity contribution in [3.05, 3.63) is 64.7 Å². The van der Waals surface area contributed by atoms with Crippen LogP contribution in [0.15, 0.2) is 42.5 Å². The highest BCUT2D eigenvalue weighted by molar-refractivity contribution is 6.21. The van der Waals surface area contributed by atoms with Crippen molar-refractivity contribution in [3.63, 3.8) is 0 Å². The monoisotopic (exact) mass is 630 g/mol. The molecule has 2 aliphatic carbocycles. The van der Waals surface area contributed by atoms with Crippen LogP contribution >= 0.6 is 0 Å². The third-order valence-corrected chi connectivity index (χ3v) is 9.91.